The Bertz CT molecular complexity index is 635. The van der Waals surface area contributed by atoms with E-state index in [4.69, 9.17) is 4.74 Å². The lowest BCUT2D eigenvalue weighted by molar-refractivity contribution is -0.139. The Balaban J connectivity index is 2.00. The van der Waals surface area contributed by atoms with Gasteiger partial charge in [0.15, 0.2) is 0 Å². The third-order valence-electron chi connectivity index (χ3n) is 3.27. The van der Waals surface area contributed by atoms with E-state index < -0.39 is 12.0 Å². The largest absolute Gasteiger partial charge is 0.508 e. The Hall–Kier alpha value is -2.53. The zero-order valence-corrected chi connectivity index (χ0v) is 13.2. The van der Waals surface area contributed by atoms with Crippen molar-refractivity contribution in [1.29, 1.82) is 0 Å². The Kier molecular flexibility index (Phi) is 5.60. The fourth-order valence-corrected chi connectivity index (χ4v) is 2.20. The van der Waals surface area contributed by atoms with Gasteiger partial charge in [-0.3, -0.25) is 4.79 Å². The lowest BCUT2D eigenvalue weighted by Crippen LogP contribution is -2.42. The van der Waals surface area contributed by atoms with E-state index in [0.717, 1.165) is 5.56 Å². The molecular weight excluding hydrogens is 294 g/mol. The number of carboxylic acids is 1. The molecule has 3 N–H and O–H groups in total. The first kappa shape index (κ1) is 16.8. The monoisotopic (exact) mass is 315 g/mol. The molecule has 0 bridgehead atoms. The predicted octanol–water partition coefficient (Wildman–Crippen LogP) is 3.18. The SMILES string of the molecule is CC(C)NC(Cc1ccc(Oc2ccc(O)cc2)cc1)C(=O)O. The highest BCUT2D eigenvalue weighted by Gasteiger charge is 2.18. The van der Waals surface area contributed by atoms with E-state index in [2.05, 4.69) is 5.32 Å². The van der Waals surface area contributed by atoms with Crippen LogP contribution < -0.4 is 10.1 Å². The molecule has 0 radical (unpaired) electrons. The first-order valence-electron chi connectivity index (χ1n) is 7.48. The summed E-state index contributed by atoms with van der Waals surface area (Å²) in [6.07, 6.45) is 0.410. The summed E-state index contributed by atoms with van der Waals surface area (Å²) < 4.78 is 5.66. The number of phenols is 1. The van der Waals surface area contributed by atoms with Crippen LogP contribution in [0, 0.1) is 0 Å². The van der Waals surface area contributed by atoms with Gasteiger partial charge in [-0.2, -0.15) is 0 Å². The van der Waals surface area contributed by atoms with Gasteiger partial charge in [-0.05, 0) is 48.4 Å². The van der Waals surface area contributed by atoms with Crippen molar-refractivity contribution in [3.63, 3.8) is 0 Å². The molecular formula is C18H21NO4. The van der Waals surface area contributed by atoms with Crippen molar-refractivity contribution in [2.75, 3.05) is 0 Å². The molecule has 0 saturated carbocycles. The molecule has 5 nitrogen and oxygen atoms in total. The second kappa shape index (κ2) is 7.65. The number of rotatable bonds is 7. The molecule has 122 valence electrons. The van der Waals surface area contributed by atoms with Crippen molar-refractivity contribution in [1.82, 2.24) is 5.32 Å². The lowest BCUT2D eigenvalue weighted by Gasteiger charge is -2.17. The van der Waals surface area contributed by atoms with Crippen LogP contribution in [0.2, 0.25) is 0 Å². The molecule has 5 heteroatoms. The molecule has 2 aromatic rings. The molecule has 0 aliphatic carbocycles. The molecule has 0 amide bonds. The highest BCUT2D eigenvalue weighted by molar-refractivity contribution is 5.74. The number of ether oxygens (including phenoxy) is 1. The minimum Gasteiger partial charge on any atom is -0.508 e. The molecule has 0 fully saturated rings. The molecule has 0 aromatic heterocycles. The summed E-state index contributed by atoms with van der Waals surface area (Å²) in [4.78, 5) is 11.3. The average molecular weight is 315 g/mol. The van der Waals surface area contributed by atoms with Crippen molar-refractivity contribution in [3.05, 3.63) is 54.1 Å². The van der Waals surface area contributed by atoms with Crippen LogP contribution in [0.1, 0.15) is 19.4 Å². The molecule has 0 saturated heterocycles. The minimum absolute atomic E-state index is 0.105. The Morgan fingerprint density at radius 1 is 1.04 bits per heavy atom. The van der Waals surface area contributed by atoms with E-state index >= 15 is 0 Å². The number of hydrogen-bond acceptors (Lipinski definition) is 4. The van der Waals surface area contributed by atoms with Gasteiger partial charge in [0.25, 0.3) is 0 Å². The van der Waals surface area contributed by atoms with Gasteiger partial charge < -0.3 is 20.3 Å². The maximum atomic E-state index is 11.3. The van der Waals surface area contributed by atoms with Crippen LogP contribution in [0.5, 0.6) is 17.2 Å². The van der Waals surface area contributed by atoms with E-state index in [1.165, 1.54) is 0 Å². The predicted molar refractivity (Wildman–Crippen MR) is 88.0 cm³/mol. The Morgan fingerprint density at radius 2 is 1.57 bits per heavy atom. The molecule has 2 aromatic carbocycles. The van der Waals surface area contributed by atoms with Crippen molar-refractivity contribution in [2.45, 2.75) is 32.4 Å². The van der Waals surface area contributed by atoms with Gasteiger partial charge in [-0.25, -0.2) is 0 Å². The first-order chi connectivity index (χ1) is 10.9. The fourth-order valence-electron chi connectivity index (χ4n) is 2.20. The Morgan fingerprint density at radius 3 is 2.04 bits per heavy atom. The second-order valence-electron chi connectivity index (χ2n) is 5.66. The Labute approximate surface area is 135 Å². The van der Waals surface area contributed by atoms with Gasteiger partial charge in [0, 0.05) is 6.04 Å². The molecule has 0 aliphatic heterocycles. The van der Waals surface area contributed by atoms with Gasteiger partial charge in [0.1, 0.15) is 23.3 Å². The maximum absolute atomic E-state index is 11.3. The lowest BCUT2D eigenvalue weighted by atomic mass is 10.1. The van der Waals surface area contributed by atoms with Crippen LogP contribution in [-0.2, 0) is 11.2 Å². The van der Waals surface area contributed by atoms with Crippen LogP contribution in [-0.4, -0.2) is 28.3 Å². The third kappa shape index (κ3) is 5.30. The molecule has 1 atom stereocenters. The van der Waals surface area contributed by atoms with Gasteiger partial charge in [-0.15, -0.1) is 0 Å². The molecule has 23 heavy (non-hydrogen) atoms. The summed E-state index contributed by atoms with van der Waals surface area (Å²) in [5.74, 6) is 0.608. The molecule has 0 heterocycles. The van der Waals surface area contributed by atoms with Crippen LogP contribution in [0.4, 0.5) is 0 Å². The number of phenolic OH excluding ortho intramolecular Hbond substituents is 1. The quantitative estimate of drug-likeness (QED) is 0.731. The molecule has 1 unspecified atom stereocenters. The van der Waals surface area contributed by atoms with E-state index in [-0.39, 0.29) is 11.8 Å². The highest BCUT2D eigenvalue weighted by Crippen LogP contribution is 2.23. The van der Waals surface area contributed by atoms with Gasteiger partial charge in [-0.1, -0.05) is 26.0 Å². The number of carbonyl (C=O) groups is 1. The van der Waals surface area contributed by atoms with Gasteiger partial charge in [0.2, 0.25) is 0 Å². The summed E-state index contributed by atoms with van der Waals surface area (Å²) in [5.41, 5.74) is 0.920. The van der Waals surface area contributed by atoms with E-state index in [9.17, 15) is 15.0 Å². The van der Waals surface area contributed by atoms with Crippen LogP contribution in [0.15, 0.2) is 48.5 Å². The number of carboxylic acid groups (broad SMARTS) is 1. The normalized spacial score (nSPS) is 12.1. The molecule has 0 aliphatic rings. The standard InChI is InChI=1S/C18H21NO4/c1-12(2)19-17(18(21)22)11-13-3-7-15(8-4-13)23-16-9-5-14(20)6-10-16/h3-10,12,17,19-20H,11H2,1-2H3,(H,21,22). The fraction of sp³-hybridized carbons (Fsp3) is 0.278. The van der Waals surface area contributed by atoms with Crippen LogP contribution in [0.25, 0.3) is 0 Å². The summed E-state index contributed by atoms with van der Waals surface area (Å²) >= 11 is 0. The summed E-state index contributed by atoms with van der Waals surface area (Å²) in [6.45, 7) is 3.84. The third-order valence-corrected chi connectivity index (χ3v) is 3.27. The van der Waals surface area contributed by atoms with Crippen molar-refractivity contribution < 1.29 is 19.7 Å². The average Bonchev–Trinajstić information content (AvgIpc) is 2.50. The summed E-state index contributed by atoms with van der Waals surface area (Å²) in [7, 11) is 0. The second-order valence-corrected chi connectivity index (χ2v) is 5.66. The number of hydrogen-bond donors (Lipinski definition) is 3. The zero-order chi connectivity index (χ0) is 16.8. The topological polar surface area (TPSA) is 78.8 Å². The number of aliphatic carboxylic acids is 1. The molecule has 2 rings (SSSR count). The zero-order valence-electron chi connectivity index (χ0n) is 13.2. The number of aromatic hydroxyl groups is 1. The van der Waals surface area contributed by atoms with Crippen molar-refractivity contribution in [2.24, 2.45) is 0 Å². The van der Waals surface area contributed by atoms with Crippen LogP contribution in [0.3, 0.4) is 0 Å². The van der Waals surface area contributed by atoms with Crippen molar-refractivity contribution in [3.8, 4) is 17.2 Å². The first-order valence-corrected chi connectivity index (χ1v) is 7.48. The smallest absolute Gasteiger partial charge is 0.321 e. The van der Waals surface area contributed by atoms with E-state index in [0.29, 0.717) is 17.9 Å². The van der Waals surface area contributed by atoms with Gasteiger partial charge in [0.05, 0.1) is 0 Å². The highest BCUT2D eigenvalue weighted by atomic mass is 16.5. The summed E-state index contributed by atoms with van der Waals surface area (Å²) in [6, 6.07) is 13.3. The summed E-state index contributed by atoms with van der Waals surface area (Å²) in [5, 5.41) is 21.5. The number of nitrogens with one attached hydrogen (secondary N) is 1. The number of benzene rings is 2. The van der Waals surface area contributed by atoms with Gasteiger partial charge >= 0.3 is 5.97 Å². The molecule has 0 spiro atoms. The van der Waals surface area contributed by atoms with E-state index in [1.54, 1.807) is 36.4 Å². The van der Waals surface area contributed by atoms with Crippen molar-refractivity contribution >= 4 is 5.97 Å². The van der Waals surface area contributed by atoms with Crippen LogP contribution >= 0.6 is 0 Å². The van der Waals surface area contributed by atoms with E-state index in [1.807, 2.05) is 26.0 Å². The minimum atomic E-state index is -0.858. The maximum Gasteiger partial charge on any atom is 0.321 e.